The van der Waals surface area contributed by atoms with Gasteiger partial charge in [0, 0.05) is 18.5 Å². The third-order valence-corrected chi connectivity index (χ3v) is 2.57. The molecular weight excluding hydrogens is 242 g/mol. The van der Waals surface area contributed by atoms with Gasteiger partial charge in [0.1, 0.15) is 17.4 Å². The topological polar surface area (TPSA) is 80.1 Å². The summed E-state index contributed by atoms with van der Waals surface area (Å²) in [6.07, 6.45) is 1.80. The van der Waals surface area contributed by atoms with Crippen LogP contribution in [0.5, 0.6) is 5.75 Å². The molecule has 0 spiro atoms. The van der Waals surface area contributed by atoms with Crippen LogP contribution in [0, 0.1) is 11.3 Å². The summed E-state index contributed by atoms with van der Waals surface area (Å²) < 4.78 is 50.3. The van der Waals surface area contributed by atoms with Crippen molar-refractivity contribution >= 4 is 9.84 Å². The van der Waals surface area contributed by atoms with Gasteiger partial charge in [0.25, 0.3) is 0 Å². The van der Waals surface area contributed by atoms with E-state index >= 15 is 0 Å². The Morgan fingerprint density at radius 3 is 2.62 bits per heavy atom. The highest BCUT2D eigenvalue weighted by molar-refractivity contribution is 7.90. The molecule has 8 heteroatoms. The van der Waals surface area contributed by atoms with Crippen molar-refractivity contribution in [3.8, 4) is 11.8 Å². The molecular formula is C8H6F2N2O3S. The molecule has 1 rings (SSSR count). The summed E-state index contributed by atoms with van der Waals surface area (Å²) in [5.74, 6) is -0.507. The minimum atomic E-state index is -3.76. The van der Waals surface area contributed by atoms with Crippen LogP contribution < -0.4 is 4.74 Å². The second kappa shape index (κ2) is 4.40. The summed E-state index contributed by atoms with van der Waals surface area (Å²) >= 11 is 0. The molecule has 1 aromatic rings. The second-order valence-electron chi connectivity index (χ2n) is 2.75. The van der Waals surface area contributed by atoms with Gasteiger partial charge in [0.15, 0.2) is 14.9 Å². The molecule has 86 valence electrons. The van der Waals surface area contributed by atoms with Crippen molar-refractivity contribution in [2.24, 2.45) is 0 Å². The number of hydrogen-bond donors (Lipinski definition) is 0. The average molecular weight is 248 g/mol. The van der Waals surface area contributed by atoms with Crippen LogP contribution in [0.25, 0.3) is 0 Å². The van der Waals surface area contributed by atoms with Crippen molar-refractivity contribution in [1.29, 1.82) is 5.26 Å². The van der Waals surface area contributed by atoms with Gasteiger partial charge in [-0.05, 0) is 0 Å². The number of aromatic nitrogens is 1. The summed E-state index contributed by atoms with van der Waals surface area (Å²) in [7, 11) is -3.76. The highest BCUT2D eigenvalue weighted by atomic mass is 32.2. The van der Waals surface area contributed by atoms with Crippen LogP contribution in [0.15, 0.2) is 17.3 Å². The van der Waals surface area contributed by atoms with Crippen molar-refractivity contribution < 1.29 is 21.9 Å². The first kappa shape index (κ1) is 12.3. The van der Waals surface area contributed by atoms with Gasteiger partial charge in [0.05, 0.1) is 0 Å². The first-order chi connectivity index (χ1) is 7.36. The van der Waals surface area contributed by atoms with Gasteiger partial charge in [-0.3, -0.25) is 0 Å². The van der Waals surface area contributed by atoms with Crippen molar-refractivity contribution in [3.63, 3.8) is 0 Å². The lowest BCUT2D eigenvalue weighted by Crippen LogP contribution is -2.08. The van der Waals surface area contributed by atoms with Crippen molar-refractivity contribution in [2.45, 2.75) is 11.6 Å². The molecule has 0 saturated heterocycles. The van der Waals surface area contributed by atoms with Crippen molar-refractivity contribution in [3.05, 3.63) is 17.8 Å². The Bertz CT molecular complexity index is 537. The summed E-state index contributed by atoms with van der Waals surface area (Å²) in [6.45, 7) is -3.14. The number of halogens is 2. The van der Waals surface area contributed by atoms with E-state index in [1.807, 2.05) is 0 Å². The Morgan fingerprint density at radius 2 is 2.19 bits per heavy atom. The van der Waals surface area contributed by atoms with Gasteiger partial charge >= 0.3 is 6.61 Å². The summed E-state index contributed by atoms with van der Waals surface area (Å²) in [4.78, 5) is 3.45. The van der Waals surface area contributed by atoms with Crippen LogP contribution >= 0.6 is 0 Å². The minimum Gasteiger partial charge on any atom is -0.433 e. The van der Waals surface area contributed by atoms with Crippen LogP contribution in [0.1, 0.15) is 5.56 Å². The molecule has 0 fully saturated rings. The lowest BCUT2D eigenvalue weighted by Gasteiger charge is -2.07. The average Bonchev–Trinajstić information content (AvgIpc) is 2.15. The van der Waals surface area contributed by atoms with E-state index in [-0.39, 0.29) is 0 Å². The molecule has 0 N–H and O–H groups in total. The SMILES string of the molecule is CS(=O)(=O)c1nccc(OC(F)F)c1C#N. The Morgan fingerprint density at radius 1 is 1.56 bits per heavy atom. The summed E-state index contributed by atoms with van der Waals surface area (Å²) in [6, 6.07) is 2.48. The van der Waals surface area contributed by atoms with E-state index in [9.17, 15) is 17.2 Å². The quantitative estimate of drug-likeness (QED) is 0.795. The highest BCUT2D eigenvalue weighted by Crippen LogP contribution is 2.24. The van der Waals surface area contributed by atoms with E-state index in [1.54, 1.807) is 0 Å². The van der Waals surface area contributed by atoms with Crippen molar-refractivity contribution in [1.82, 2.24) is 4.98 Å². The molecule has 0 amide bonds. The highest BCUT2D eigenvalue weighted by Gasteiger charge is 2.20. The largest absolute Gasteiger partial charge is 0.433 e. The maximum atomic E-state index is 12.0. The van der Waals surface area contributed by atoms with Gasteiger partial charge in [-0.15, -0.1) is 0 Å². The standard InChI is InChI=1S/C8H6F2N2O3S/c1-16(13,14)7-5(4-11)6(2-3-12-7)15-8(9)10/h2-3,8H,1H3. The van der Waals surface area contributed by atoms with Crippen LogP contribution in [0.2, 0.25) is 0 Å². The fraction of sp³-hybridized carbons (Fsp3) is 0.250. The molecule has 5 nitrogen and oxygen atoms in total. The van der Waals surface area contributed by atoms with Gasteiger partial charge < -0.3 is 4.74 Å². The zero-order valence-electron chi connectivity index (χ0n) is 8.02. The van der Waals surface area contributed by atoms with Gasteiger partial charge in [-0.25, -0.2) is 13.4 Å². The first-order valence-corrected chi connectivity index (χ1v) is 5.79. The number of nitriles is 1. The Balaban J connectivity index is 3.40. The lowest BCUT2D eigenvalue weighted by molar-refractivity contribution is -0.0502. The number of alkyl halides is 2. The van der Waals surface area contributed by atoms with Gasteiger partial charge in [-0.1, -0.05) is 0 Å². The molecule has 0 aromatic carbocycles. The van der Waals surface area contributed by atoms with Gasteiger partial charge in [0.2, 0.25) is 0 Å². The maximum absolute atomic E-state index is 12.0. The summed E-state index contributed by atoms with van der Waals surface area (Å²) in [5, 5.41) is 8.12. The van der Waals surface area contributed by atoms with Crippen LogP contribution in [-0.2, 0) is 9.84 Å². The van der Waals surface area contributed by atoms with E-state index in [2.05, 4.69) is 9.72 Å². The fourth-order valence-corrected chi connectivity index (χ4v) is 1.77. The Kier molecular flexibility index (Phi) is 3.39. The Hall–Kier alpha value is -1.75. The monoisotopic (exact) mass is 248 g/mol. The number of pyridine rings is 1. The molecule has 0 bridgehead atoms. The first-order valence-electron chi connectivity index (χ1n) is 3.90. The van der Waals surface area contributed by atoms with E-state index in [4.69, 9.17) is 5.26 Å². The van der Waals surface area contributed by atoms with Crippen LogP contribution in [-0.4, -0.2) is 26.3 Å². The van der Waals surface area contributed by atoms with E-state index in [0.717, 1.165) is 18.5 Å². The molecule has 1 aromatic heterocycles. The van der Waals surface area contributed by atoms with E-state index in [1.165, 1.54) is 6.07 Å². The molecule has 0 radical (unpaired) electrons. The molecule has 0 aliphatic heterocycles. The second-order valence-corrected chi connectivity index (χ2v) is 4.68. The molecule has 0 saturated carbocycles. The third-order valence-electron chi connectivity index (χ3n) is 1.56. The van der Waals surface area contributed by atoms with Crippen molar-refractivity contribution in [2.75, 3.05) is 6.26 Å². The number of sulfone groups is 1. The normalized spacial score (nSPS) is 11.2. The smallest absolute Gasteiger partial charge is 0.387 e. The number of ether oxygens (including phenoxy) is 1. The zero-order valence-corrected chi connectivity index (χ0v) is 8.83. The van der Waals surface area contributed by atoms with E-state index in [0.29, 0.717) is 0 Å². The predicted octanol–water partition coefficient (Wildman–Crippen LogP) is 0.958. The minimum absolute atomic E-state index is 0.507. The molecule has 0 aliphatic rings. The van der Waals surface area contributed by atoms with Crippen LogP contribution in [0.4, 0.5) is 8.78 Å². The maximum Gasteiger partial charge on any atom is 0.387 e. The Labute approximate surface area is 90.2 Å². The molecule has 0 unspecified atom stereocenters. The molecule has 16 heavy (non-hydrogen) atoms. The fourth-order valence-electron chi connectivity index (χ4n) is 1.00. The molecule has 1 heterocycles. The zero-order chi connectivity index (χ0) is 12.3. The number of rotatable bonds is 3. The lowest BCUT2D eigenvalue weighted by atomic mass is 10.3. The van der Waals surface area contributed by atoms with Crippen LogP contribution in [0.3, 0.4) is 0 Å². The predicted molar refractivity (Wildman–Crippen MR) is 48.7 cm³/mol. The van der Waals surface area contributed by atoms with Gasteiger partial charge in [-0.2, -0.15) is 14.0 Å². The molecule has 0 atom stereocenters. The number of nitrogens with zero attached hydrogens (tertiary/aromatic N) is 2. The number of hydrogen-bond acceptors (Lipinski definition) is 5. The third kappa shape index (κ3) is 2.64. The van der Waals surface area contributed by atoms with E-state index < -0.39 is 32.8 Å². The molecule has 0 aliphatic carbocycles. The summed E-state index contributed by atoms with van der Waals surface area (Å²) in [5.41, 5.74) is -0.523.